The highest BCUT2D eigenvalue weighted by Gasteiger charge is 2.17. The highest BCUT2D eigenvalue weighted by atomic mass is 15.0. The Morgan fingerprint density at radius 3 is 1.66 bits per heavy atom. The van der Waals surface area contributed by atoms with Crippen LogP contribution in [0.1, 0.15) is 0 Å². The van der Waals surface area contributed by atoms with Crippen LogP contribution in [0.5, 0.6) is 0 Å². The van der Waals surface area contributed by atoms with E-state index >= 15 is 0 Å². The summed E-state index contributed by atoms with van der Waals surface area (Å²) in [5.41, 5.74) is 16.9. The Morgan fingerprint density at radius 2 is 0.857 bits per heavy atom. The fourth-order valence-corrected chi connectivity index (χ4v) is 8.37. The van der Waals surface area contributed by atoms with Crippen LogP contribution in [0.2, 0.25) is 0 Å². The molecule has 4 aromatic heterocycles. The highest BCUT2D eigenvalue weighted by molar-refractivity contribution is 6.11. The van der Waals surface area contributed by atoms with Gasteiger partial charge in [-0.1, -0.05) is 103 Å². The second-order valence-corrected chi connectivity index (χ2v) is 14.3. The number of para-hydroxylation sites is 2. The van der Waals surface area contributed by atoms with Gasteiger partial charge in [-0.25, -0.2) is 0 Å². The summed E-state index contributed by atoms with van der Waals surface area (Å²) in [4.78, 5) is 9.55. The maximum absolute atomic E-state index is 4.86. The molecule has 11 aromatic rings. The molecule has 0 aliphatic heterocycles. The van der Waals surface area contributed by atoms with Crippen molar-refractivity contribution in [1.29, 1.82) is 0 Å². The van der Waals surface area contributed by atoms with Crippen LogP contribution >= 0.6 is 0 Å². The van der Waals surface area contributed by atoms with Crippen molar-refractivity contribution in [3.8, 4) is 56.0 Å². The van der Waals surface area contributed by atoms with Gasteiger partial charge in [0.1, 0.15) is 0 Å². The fraction of sp³-hybridized carbons (Fsp3) is 0. The summed E-state index contributed by atoms with van der Waals surface area (Å²) in [5.74, 6) is 0. The summed E-state index contributed by atoms with van der Waals surface area (Å²) in [7, 11) is 0. The van der Waals surface area contributed by atoms with E-state index in [2.05, 4.69) is 190 Å². The molecule has 0 aliphatic rings. The van der Waals surface area contributed by atoms with Crippen LogP contribution in [-0.2, 0) is 0 Å². The fourth-order valence-electron chi connectivity index (χ4n) is 8.37. The lowest BCUT2D eigenvalue weighted by atomic mass is 9.95. The van der Waals surface area contributed by atoms with Gasteiger partial charge in [-0.15, -0.1) is 0 Å². The summed E-state index contributed by atoms with van der Waals surface area (Å²) in [6.45, 7) is 0. The van der Waals surface area contributed by atoms with Gasteiger partial charge in [0.2, 0.25) is 0 Å². The van der Waals surface area contributed by atoms with Crippen LogP contribution in [0.3, 0.4) is 0 Å². The Kier molecular flexibility index (Phi) is 7.46. The summed E-state index contributed by atoms with van der Waals surface area (Å²) in [6, 6.07) is 69.5. The van der Waals surface area contributed by atoms with Gasteiger partial charge in [-0.05, 0) is 124 Å². The van der Waals surface area contributed by atoms with Crippen LogP contribution in [0.4, 0.5) is 0 Å². The number of fused-ring (bicyclic) bond motifs is 6. The summed E-state index contributed by atoms with van der Waals surface area (Å²) in [5, 5.41) is 3.60. The molecule has 0 saturated heterocycles. The zero-order valence-corrected chi connectivity index (χ0v) is 30.4. The molecule has 0 spiro atoms. The van der Waals surface area contributed by atoms with E-state index in [1.54, 1.807) is 0 Å². The third-order valence-corrected chi connectivity index (χ3v) is 11.0. The van der Waals surface area contributed by atoms with Crippen molar-refractivity contribution in [3.63, 3.8) is 0 Å². The summed E-state index contributed by atoms with van der Waals surface area (Å²) < 4.78 is 4.71. The lowest BCUT2D eigenvalue weighted by molar-refractivity contribution is 1.17. The van der Waals surface area contributed by atoms with Crippen LogP contribution in [0.15, 0.2) is 207 Å². The number of hydrogen-bond acceptors (Lipinski definition) is 2. The normalized spacial score (nSPS) is 11.6. The lowest BCUT2D eigenvalue weighted by Crippen LogP contribution is -1.94. The molecule has 4 heterocycles. The molecule has 0 radical (unpaired) electrons. The molecule has 262 valence electrons. The van der Waals surface area contributed by atoms with Crippen molar-refractivity contribution in [2.45, 2.75) is 0 Å². The largest absolute Gasteiger partial charge is 0.309 e. The minimum atomic E-state index is 0.960. The topological polar surface area (TPSA) is 35.6 Å². The van der Waals surface area contributed by atoms with E-state index in [-0.39, 0.29) is 0 Å². The maximum atomic E-state index is 4.86. The van der Waals surface area contributed by atoms with E-state index in [1.165, 1.54) is 32.9 Å². The number of pyridine rings is 2. The Balaban J connectivity index is 1.03. The Labute approximate surface area is 324 Å². The molecule has 4 nitrogen and oxygen atoms in total. The van der Waals surface area contributed by atoms with Gasteiger partial charge in [0.25, 0.3) is 0 Å². The quantitative estimate of drug-likeness (QED) is 0.172. The summed E-state index contributed by atoms with van der Waals surface area (Å²) in [6.07, 6.45) is 3.75. The molecule has 0 amide bonds. The van der Waals surface area contributed by atoms with Crippen molar-refractivity contribution < 1.29 is 0 Å². The molecule has 0 unspecified atom stereocenters. The first-order valence-corrected chi connectivity index (χ1v) is 19.0. The zero-order chi connectivity index (χ0) is 37.0. The number of rotatable bonds is 6. The molecule has 0 atom stereocenters. The van der Waals surface area contributed by atoms with Crippen LogP contribution in [-0.4, -0.2) is 19.1 Å². The van der Waals surface area contributed by atoms with Crippen LogP contribution < -0.4 is 0 Å². The molecule has 7 aromatic carbocycles. The smallest absolute Gasteiger partial charge is 0.0963 e. The molecule has 0 N–H and O–H groups in total. The van der Waals surface area contributed by atoms with Crippen molar-refractivity contribution in [2.75, 3.05) is 0 Å². The highest BCUT2D eigenvalue weighted by Crippen LogP contribution is 2.39. The van der Waals surface area contributed by atoms with E-state index in [0.29, 0.717) is 0 Å². The molecular formula is C52H34N4. The van der Waals surface area contributed by atoms with Gasteiger partial charge >= 0.3 is 0 Å². The van der Waals surface area contributed by atoms with E-state index in [9.17, 15) is 0 Å². The first kappa shape index (κ1) is 31.9. The number of aromatic nitrogens is 4. The first-order valence-electron chi connectivity index (χ1n) is 19.0. The predicted molar refractivity (Wildman–Crippen MR) is 232 cm³/mol. The standard InChI is InChI=1S/C52H34N4/c1-3-12-35(13-4-1)39-30-40(32-41(31-39)47-17-9-10-28-53-47)36-20-24-43(25-21-36)56-48-18-8-7-16-44(48)45-26-22-38(34-51(45)56)37-23-27-49-46(33-37)52-50(19-11-29-54-52)55(49)42-14-5-2-6-15-42/h1-34H. The molecule has 0 saturated carbocycles. The van der Waals surface area contributed by atoms with Gasteiger partial charge in [-0.2, -0.15) is 0 Å². The van der Waals surface area contributed by atoms with Crippen LogP contribution in [0, 0.1) is 0 Å². The third-order valence-electron chi connectivity index (χ3n) is 11.0. The number of nitrogens with zero attached hydrogens (tertiary/aromatic N) is 4. The van der Waals surface area contributed by atoms with Gasteiger partial charge in [-0.3, -0.25) is 9.97 Å². The van der Waals surface area contributed by atoms with Crippen molar-refractivity contribution in [3.05, 3.63) is 207 Å². The number of hydrogen-bond donors (Lipinski definition) is 0. The molecule has 0 bridgehead atoms. The molecule has 4 heteroatoms. The second-order valence-electron chi connectivity index (χ2n) is 14.3. The van der Waals surface area contributed by atoms with Gasteiger partial charge < -0.3 is 9.13 Å². The second kappa shape index (κ2) is 13.1. The monoisotopic (exact) mass is 714 g/mol. The van der Waals surface area contributed by atoms with Crippen molar-refractivity contribution >= 4 is 43.7 Å². The molecule has 11 rings (SSSR count). The average Bonchev–Trinajstić information content (AvgIpc) is 3.79. The average molecular weight is 715 g/mol. The van der Waals surface area contributed by atoms with Gasteiger partial charge in [0, 0.05) is 45.5 Å². The van der Waals surface area contributed by atoms with E-state index < -0.39 is 0 Å². The minimum absolute atomic E-state index is 0.960. The van der Waals surface area contributed by atoms with E-state index in [1.807, 2.05) is 30.6 Å². The zero-order valence-electron chi connectivity index (χ0n) is 30.4. The van der Waals surface area contributed by atoms with Gasteiger partial charge in [0.15, 0.2) is 0 Å². The minimum Gasteiger partial charge on any atom is -0.309 e. The van der Waals surface area contributed by atoms with E-state index in [0.717, 1.165) is 66.8 Å². The predicted octanol–water partition coefficient (Wildman–Crippen LogP) is 13.3. The molecule has 0 aliphatic carbocycles. The van der Waals surface area contributed by atoms with Crippen LogP contribution in [0.25, 0.3) is 99.8 Å². The van der Waals surface area contributed by atoms with Gasteiger partial charge in [0.05, 0.1) is 33.3 Å². The lowest BCUT2D eigenvalue weighted by Gasteiger charge is -2.13. The molecule has 56 heavy (non-hydrogen) atoms. The Bertz CT molecular complexity index is 3160. The van der Waals surface area contributed by atoms with Crippen molar-refractivity contribution in [1.82, 2.24) is 19.1 Å². The maximum Gasteiger partial charge on any atom is 0.0963 e. The SMILES string of the molecule is c1ccc(-c2cc(-c3ccc(-n4c5ccccc5c5ccc(-c6ccc7c(c6)c6ncccc6n7-c6ccccc6)cc54)cc3)cc(-c3ccccn3)c2)cc1. The molecule has 0 fully saturated rings. The van der Waals surface area contributed by atoms with E-state index in [4.69, 9.17) is 4.98 Å². The Morgan fingerprint density at radius 1 is 0.286 bits per heavy atom. The summed E-state index contributed by atoms with van der Waals surface area (Å²) >= 11 is 0. The number of benzene rings is 7. The third kappa shape index (κ3) is 5.31. The molecular weight excluding hydrogens is 681 g/mol. The Hall–Kier alpha value is -7.56. The van der Waals surface area contributed by atoms with Crippen molar-refractivity contribution in [2.24, 2.45) is 0 Å². The first-order chi connectivity index (χ1) is 27.8.